The summed E-state index contributed by atoms with van der Waals surface area (Å²) in [6.45, 7) is 1.40. The van der Waals surface area contributed by atoms with Gasteiger partial charge in [-0.1, -0.05) is 29.8 Å². The fraction of sp³-hybridized carbons (Fsp3) is 0.176. The van der Waals surface area contributed by atoms with Crippen molar-refractivity contribution >= 4 is 23.3 Å². The van der Waals surface area contributed by atoms with Crippen molar-refractivity contribution in [3.05, 3.63) is 64.2 Å². The number of amides is 1. The number of nitrogens with two attached hydrogens (primary N) is 1. The Labute approximate surface area is 162 Å². The lowest BCUT2D eigenvalue weighted by Crippen LogP contribution is -2.27. The van der Waals surface area contributed by atoms with Gasteiger partial charge in [-0.25, -0.2) is 14.6 Å². The van der Waals surface area contributed by atoms with Crippen molar-refractivity contribution in [1.82, 2.24) is 25.1 Å². The molecule has 2 aromatic heterocycles. The highest BCUT2D eigenvalue weighted by atomic mass is 35.5. The molecule has 0 saturated heterocycles. The number of aryl methyl sites for hydroxylation is 1. The molecule has 7 nitrogen and oxygen atoms in total. The summed E-state index contributed by atoms with van der Waals surface area (Å²) in [4.78, 5) is 20.3. The van der Waals surface area contributed by atoms with Crippen LogP contribution < -0.4 is 11.1 Å². The lowest BCUT2D eigenvalue weighted by atomic mass is 10.1. The highest BCUT2D eigenvalue weighted by molar-refractivity contribution is 6.31. The zero-order valence-electron chi connectivity index (χ0n) is 14.5. The van der Waals surface area contributed by atoms with Crippen LogP contribution in [0.25, 0.3) is 5.82 Å². The lowest BCUT2D eigenvalue weighted by Gasteiger charge is -2.13. The van der Waals surface area contributed by atoms with Gasteiger partial charge in [0, 0.05) is 12.7 Å². The van der Waals surface area contributed by atoms with Crippen LogP contribution in [-0.4, -0.2) is 25.7 Å². The Kier molecular flexibility index (Phi) is 5.23. The summed E-state index contributed by atoms with van der Waals surface area (Å²) in [5.41, 5.74) is 5.28. The molecule has 3 rings (SSSR count). The number of aromatic nitrogens is 4. The van der Waals surface area contributed by atoms with Crippen LogP contribution in [-0.2, 0) is 12.7 Å². The smallest absolute Gasteiger partial charge is 0.382 e. The van der Waals surface area contributed by atoms with E-state index >= 15 is 0 Å². The highest BCUT2D eigenvalue weighted by Crippen LogP contribution is 2.31. The molecule has 0 radical (unpaired) electrons. The number of halogens is 4. The normalized spacial score (nSPS) is 11.5. The number of rotatable bonds is 4. The van der Waals surface area contributed by atoms with Crippen molar-refractivity contribution in [3.63, 3.8) is 0 Å². The summed E-state index contributed by atoms with van der Waals surface area (Å²) in [6, 6.07) is 6.64. The van der Waals surface area contributed by atoms with Crippen LogP contribution in [0.1, 0.15) is 27.3 Å². The summed E-state index contributed by atoms with van der Waals surface area (Å²) >= 11 is 6.07. The van der Waals surface area contributed by atoms with E-state index in [9.17, 15) is 18.0 Å². The number of alkyl halides is 3. The molecule has 3 N–H and O–H groups in total. The van der Waals surface area contributed by atoms with Gasteiger partial charge in [0.05, 0.1) is 11.3 Å². The molecule has 0 aliphatic heterocycles. The Morgan fingerprint density at radius 3 is 2.61 bits per heavy atom. The number of nitrogens with one attached hydrogen (secondary N) is 1. The Hall–Kier alpha value is -3.14. The van der Waals surface area contributed by atoms with Gasteiger partial charge < -0.3 is 11.1 Å². The van der Waals surface area contributed by atoms with Crippen molar-refractivity contribution < 1.29 is 18.0 Å². The molecule has 1 aromatic carbocycles. The second-order valence-corrected chi connectivity index (χ2v) is 6.17. The Morgan fingerprint density at radius 2 is 1.96 bits per heavy atom. The maximum Gasteiger partial charge on any atom is 0.416 e. The SMILES string of the molecule is Cc1ccn(-c2nc(N)c(C(=O)NCc3ccccc3C(F)(F)F)nc2Cl)n1. The first-order chi connectivity index (χ1) is 13.2. The predicted octanol–water partition coefficient (Wildman–Crippen LogP) is 3.16. The van der Waals surface area contributed by atoms with Crippen LogP contribution in [0.5, 0.6) is 0 Å². The lowest BCUT2D eigenvalue weighted by molar-refractivity contribution is -0.138. The molecule has 3 aromatic rings. The van der Waals surface area contributed by atoms with Gasteiger partial charge in [-0.15, -0.1) is 0 Å². The van der Waals surface area contributed by atoms with Gasteiger partial charge in [-0.3, -0.25) is 4.79 Å². The summed E-state index contributed by atoms with van der Waals surface area (Å²) in [5.74, 6) is -0.896. The van der Waals surface area contributed by atoms with Crippen molar-refractivity contribution in [2.45, 2.75) is 19.6 Å². The van der Waals surface area contributed by atoms with Gasteiger partial charge >= 0.3 is 6.18 Å². The molecule has 0 saturated carbocycles. The van der Waals surface area contributed by atoms with Crippen LogP contribution in [0.3, 0.4) is 0 Å². The largest absolute Gasteiger partial charge is 0.416 e. The van der Waals surface area contributed by atoms with E-state index in [1.165, 1.54) is 22.9 Å². The van der Waals surface area contributed by atoms with Crippen molar-refractivity contribution in [1.29, 1.82) is 0 Å². The topological polar surface area (TPSA) is 98.7 Å². The third-order valence-electron chi connectivity index (χ3n) is 3.78. The second kappa shape index (κ2) is 7.47. The van der Waals surface area contributed by atoms with Gasteiger partial charge in [-0.2, -0.15) is 18.3 Å². The first kappa shape index (κ1) is 19.6. The fourth-order valence-electron chi connectivity index (χ4n) is 2.47. The number of carbonyl (C=O) groups excluding carboxylic acids is 1. The average molecular weight is 411 g/mol. The molecule has 0 bridgehead atoms. The van der Waals surface area contributed by atoms with E-state index in [0.717, 1.165) is 6.07 Å². The minimum Gasteiger partial charge on any atom is -0.382 e. The van der Waals surface area contributed by atoms with Gasteiger partial charge in [0.25, 0.3) is 5.91 Å². The molecule has 0 spiro atoms. The zero-order chi connectivity index (χ0) is 20.5. The maximum absolute atomic E-state index is 13.0. The average Bonchev–Trinajstić information content (AvgIpc) is 3.07. The first-order valence-electron chi connectivity index (χ1n) is 7.96. The van der Waals surface area contributed by atoms with E-state index < -0.39 is 17.6 Å². The van der Waals surface area contributed by atoms with Crippen LogP contribution in [0.4, 0.5) is 19.0 Å². The number of nitrogen functional groups attached to an aromatic ring is 1. The molecule has 0 aliphatic carbocycles. The Morgan fingerprint density at radius 1 is 1.25 bits per heavy atom. The maximum atomic E-state index is 13.0. The van der Waals surface area contributed by atoms with E-state index in [0.29, 0.717) is 5.69 Å². The minimum absolute atomic E-state index is 0.0929. The van der Waals surface area contributed by atoms with Crippen molar-refractivity contribution in [2.75, 3.05) is 5.73 Å². The van der Waals surface area contributed by atoms with Gasteiger partial charge in [0.2, 0.25) is 0 Å². The first-order valence-corrected chi connectivity index (χ1v) is 8.33. The number of carbonyl (C=O) groups is 1. The number of hydrogen-bond acceptors (Lipinski definition) is 5. The number of anilines is 1. The fourth-order valence-corrected chi connectivity index (χ4v) is 2.69. The monoisotopic (exact) mass is 410 g/mol. The van der Waals surface area contributed by atoms with Crippen LogP contribution in [0.2, 0.25) is 5.15 Å². The molecule has 146 valence electrons. The second-order valence-electron chi connectivity index (χ2n) is 5.81. The zero-order valence-corrected chi connectivity index (χ0v) is 15.2. The summed E-state index contributed by atoms with van der Waals surface area (Å²) in [6.07, 6.45) is -2.94. The Balaban J connectivity index is 1.82. The quantitative estimate of drug-likeness (QED) is 0.688. The highest BCUT2D eigenvalue weighted by Gasteiger charge is 2.33. The van der Waals surface area contributed by atoms with Gasteiger partial charge in [-0.05, 0) is 24.6 Å². The summed E-state index contributed by atoms with van der Waals surface area (Å²) < 4.78 is 40.5. The molecule has 0 unspecified atom stereocenters. The third kappa shape index (κ3) is 4.06. The molecule has 0 aliphatic rings. The van der Waals surface area contributed by atoms with Crippen molar-refractivity contribution in [2.24, 2.45) is 0 Å². The molecular formula is C17H14ClF3N6O. The third-order valence-corrected chi connectivity index (χ3v) is 4.03. The Bertz CT molecular complexity index is 1030. The molecule has 0 atom stereocenters. The molecule has 28 heavy (non-hydrogen) atoms. The summed E-state index contributed by atoms with van der Waals surface area (Å²) in [7, 11) is 0. The number of nitrogens with zero attached hydrogens (tertiary/aromatic N) is 4. The van der Waals surface area contributed by atoms with E-state index in [2.05, 4.69) is 20.4 Å². The standard InChI is InChI=1S/C17H14ClF3N6O/c1-9-6-7-27(26-9)15-13(18)24-12(14(22)25-15)16(28)23-8-10-4-2-3-5-11(10)17(19,20)21/h2-7H,8H2,1H3,(H2,22,25)(H,23,28). The molecular weight excluding hydrogens is 397 g/mol. The molecule has 2 heterocycles. The van der Waals surface area contributed by atoms with E-state index in [4.69, 9.17) is 17.3 Å². The molecule has 0 fully saturated rings. The predicted molar refractivity (Wildman–Crippen MR) is 95.9 cm³/mol. The van der Waals surface area contributed by atoms with E-state index in [-0.39, 0.29) is 34.6 Å². The van der Waals surface area contributed by atoms with E-state index in [1.54, 1.807) is 19.2 Å². The summed E-state index contributed by atoms with van der Waals surface area (Å²) in [5, 5.41) is 6.36. The van der Waals surface area contributed by atoms with Crippen molar-refractivity contribution in [3.8, 4) is 5.82 Å². The molecule has 11 heteroatoms. The minimum atomic E-state index is -4.53. The number of hydrogen-bond donors (Lipinski definition) is 2. The number of benzene rings is 1. The van der Waals surface area contributed by atoms with Gasteiger partial charge in [0.15, 0.2) is 22.5 Å². The van der Waals surface area contributed by atoms with E-state index in [1.807, 2.05) is 0 Å². The van der Waals surface area contributed by atoms with Crippen LogP contribution in [0, 0.1) is 6.92 Å². The van der Waals surface area contributed by atoms with Crippen LogP contribution >= 0.6 is 11.6 Å². The van der Waals surface area contributed by atoms with Gasteiger partial charge in [0.1, 0.15) is 0 Å². The van der Waals surface area contributed by atoms with Crippen LogP contribution in [0.15, 0.2) is 36.5 Å². The molecule has 1 amide bonds.